The quantitative estimate of drug-likeness (QED) is 0.345. The van der Waals surface area contributed by atoms with Crippen molar-refractivity contribution in [2.24, 2.45) is 5.16 Å². The van der Waals surface area contributed by atoms with Gasteiger partial charge in [0.1, 0.15) is 12.4 Å². The average Bonchev–Trinajstić information content (AvgIpc) is 2.70. The maximum Gasteiger partial charge on any atom is 0.347 e. The average molecular weight is 391 g/mol. The monoisotopic (exact) mass is 391 g/mol. The second-order valence-electron chi connectivity index (χ2n) is 6.31. The molecule has 0 saturated heterocycles. The molecule has 1 heterocycles. The van der Waals surface area contributed by atoms with Crippen molar-refractivity contribution in [3.63, 3.8) is 0 Å². The fourth-order valence-corrected chi connectivity index (χ4v) is 2.88. The van der Waals surface area contributed by atoms with Crippen LogP contribution in [0.25, 0.3) is 0 Å². The molecule has 154 valence electrons. The number of hydrogen-bond donors (Lipinski definition) is 0. The van der Waals surface area contributed by atoms with E-state index in [0.29, 0.717) is 36.8 Å². The number of nitrogens with zero attached hydrogens (tertiary/aromatic N) is 3. The van der Waals surface area contributed by atoms with Crippen LogP contribution in [0, 0.1) is 0 Å². The molecule has 2 rings (SSSR count). The van der Waals surface area contributed by atoms with E-state index in [9.17, 15) is 9.59 Å². The van der Waals surface area contributed by atoms with Crippen LogP contribution in [0.1, 0.15) is 33.3 Å². The Bertz CT molecular complexity index is 716. The summed E-state index contributed by atoms with van der Waals surface area (Å²) in [5, 5.41) is 3.99. The molecule has 0 bridgehead atoms. The maximum atomic E-state index is 12.0. The molecule has 0 N–H and O–H groups in total. The first-order valence-electron chi connectivity index (χ1n) is 9.62. The molecule has 0 unspecified atom stereocenters. The van der Waals surface area contributed by atoms with Gasteiger partial charge in [0.15, 0.2) is 6.61 Å². The molecule has 0 saturated carbocycles. The van der Waals surface area contributed by atoms with Crippen molar-refractivity contribution in [1.82, 2.24) is 4.90 Å². The molecule has 1 aliphatic rings. The van der Waals surface area contributed by atoms with Gasteiger partial charge in [0.25, 0.3) is 5.91 Å². The summed E-state index contributed by atoms with van der Waals surface area (Å²) in [4.78, 5) is 32.7. The van der Waals surface area contributed by atoms with Gasteiger partial charge in [-0.3, -0.25) is 4.79 Å². The summed E-state index contributed by atoms with van der Waals surface area (Å²) < 4.78 is 10.6. The zero-order valence-electron chi connectivity index (χ0n) is 17.1. The van der Waals surface area contributed by atoms with Gasteiger partial charge in [0.2, 0.25) is 6.61 Å². The third kappa shape index (κ3) is 5.69. The number of rotatable bonds is 10. The molecule has 28 heavy (non-hydrogen) atoms. The first-order chi connectivity index (χ1) is 13.5. The van der Waals surface area contributed by atoms with Gasteiger partial charge in [-0.2, -0.15) is 0 Å². The lowest BCUT2D eigenvalue weighted by Gasteiger charge is -2.28. The van der Waals surface area contributed by atoms with Crippen LogP contribution in [0.5, 0.6) is 5.75 Å². The Kier molecular flexibility index (Phi) is 8.25. The minimum absolute atomic E-state index is 0.0484. The minimum Gasteiger partial charge on any atom is -0.482 e. The van der Waals surface area contributed by atoms with Crippen molar-refractivity contribution in [2.45, 2.75) is 27.7 Å². The number of benzene rings is 1. The molecule has 1 aromatic rings. The second-order valence-corrected chi connectivity index (χ2v) is 6.31. The molecule has 1 aromatic carbocycles. The molecule has 0 spiro atoms. The Morgan fingerprint density at radius 1 is 1.29 bits per heavy atom. The first-order valence-corrected chi connectivity index (χ1v) is 9.62. The van der Waals surface area contributed by atoms with Crippen molar-refractivity contribution in [3.8, 4) is 5.75 Å². The van der Waals surface area contributed by atoms with Crippen molar-refractivity contribution in [2.75, 3.05) is 50.9 Å². The minimum atomic E-state index is -0.453. The highest BCUT2D eigenvalue weighted by atomic mass is 16.7. The van der Waals surface area contributed by atoms with E-state index >= 15 is 0 Å². The Hall–Kier alpha value is -2.61. The van der Waals surface area contributed by atoms with Gasteiger partial charge in [-0.25, -0.2) is 4.79 Å². The van der Waals surface area contributed by atoms with Gasteiger partial charge in [-0.05, 0) is 45.1 Å². The lowest BCUT2D eigenvalue weighted by Crippen LogP contribution is -2.38. The van der Waals surface area contributed by atoms with E-state index in [-0.39, 0.29) is 19.1 Å². The van der Waals surface area contributed by atoms with E-state index in [2.05, 4.69) is 23.9 Å². The van der Waals surface area contributed by atoms with Gasteiger partial charge < -0.3 is 24.1 Å². The van der Waals surface area contributed by atoms with Crippen LogP contribution in [0.4, 0.5) is 5.69 Å². The van der Waals surface area contributed by atoms with E-state index in [0.717, 1.165) is 18.7 Å². The van der Waals surface area contributed by atoms with E-state index in [1.807, 2.05) is 19.1 Å². The van der Waals surface area contributed by atoms with Crippen molar-refractivity contribution in [3.05, 3.63) is 23.8 Å². The fraction of sp³-hybridized carbons (Fsp3) is 0.550. The number of anilines is 1. The first kappa shape index (κ1) is 21.7. The number of hydrogen-bond acceptors (Lipinski definition) is 7. The van der Waals surface area contributed by atoms with Gasteiger partial charge in [-0.1, -0.05) is 19.0 Å². The number of amides is 1. The highest BCUT2D eigenvalue weighted by Gasteiger charge is 2.24. The normalized spacial score (nSPS) is 14.0. The highest BCUT2D eigenvalue weighted by molar-refractivity contribution is 6.03. The van der Waals surface area contributed by atoms with Gasteiger partial charge in [0, 0.05) is 18.7 Å². The second kappa shape index (κ2) is 10.7. The molecule has 1 aliphatic heterocycles. The molecular weight excluding hydrogens is 362 g/mol. The van der Waals surface area contributed by atoms with Crippen LogP contribution in [0.2, 0.25) is 0 Å². The summed E-state index contributed by atoms with van der Waals surface area (Å²) >= 11 is 0. The predicted molar refractivity (Wildman–Crippen MR) is 107 cm³/mol. The summed E-state index contributed by atoms with van der Waals surface area (Å²) in [5.74, 6) is 0.131. The van der Waals surface area contributed by atoms with E-state index in [4.69, 9.17) is 14.3 Å². The largest absolute Gasteiger partial charge is 0.482 e. The molecule has 0 aliphatic carbocycles. The summed E-state index contributed by atoms with van der Waals surface area (Å²) in [6.07, 6.45) is 0. The molecule has 0 radical (unpaired) electrons. The van der Waals surface area contributed by atoms with Gasteiger partial charge in [-0.15, -0.1) is 0 Å². The lowest BCUT2D eigenvalue weighted by molar-refractivity contribution is -0.149. The number of likely N-dealkylation sites (N-methyl/N-ethyl adjacent to an activating group) is 2. The highest BCUT2D eigenvalue weighted by Crippen LogP contribution is 2.32. The third-order valence-corrected chi connectivity index (χ3v) is 4.58. The van der Waals surface area contributed by atoms with Crippen molar-refractivity contribution in [1.29, 1.82) is 0 Å². The Morgan fingerprint density at radius 2 is 2.04 bits per heavy atom. The Morgan fingerprint density at radius 3 is 2.71 bits per heavy atom. The fourth-order valence-electron chi connectivity index (χ4n) is 2.88. The third-order valence-electron chi connectivity index (χ3n) is 4.58. The zero-order valence-corrected chi connectivity index (χ0v) is 17.1. The van der Waals surface area contributed by atoms with Crippen LogP contribution >= 0.6 is 0 Å². The summed E-state index contributed by atoms with van der Waals surface area (Å²) in [6.45, 7) is 11.0. The SMILES string of the molecule is CCN(CC)CCOC(=O)CO/N=C(/C)c1ccc2c(c1)N(CC)C(=O)CO2. The maximum absolute atomic E-state index is 12.0. The van der Waals surface area contributed by atoms with Gasteiger partial charge in [0.05, 0.1) is 11.4 Å². The van der Waals surface area contributed by atoms with E-state index < -0.39 is 5.97 Å². The molecule has 8 nitrogen and oxygen atoms in total. The molecule has 0 atom stereocenters. The topological polar surface area (TPSA) is 80.7 Å². The van der Waals surface area contributed by atoms with Crippen molar-refractivity contribution < 1.29 is 23.9 Å². The van der Waals surface area contributed by atoms with Crippen LogP contribution in [-0.4, -0.2) is 68.5 Å². The molecular formula is C20H29N3O5. The summed E-state index contributed by atoms with van der Waals surface area (Å²) in [6, 6.07) is 5.48. The van der Waals surface area contributed by atoms with Crippen LogP contribution in [-0.2, 0) is 19.2 Å². The molecule has 1 amide bonds. The molecule has 8 heteroatoms. The Balaban J connectivity index is 1.89. The standard InChI is InChI=1S/C20H29N3O5/c1-5-22(6-2)10-11-26-20(25)14-28-21-15(4)16-8-9-18-17(12-16)23(7-3)19(24)13-27-18/h8-9,12H,5-7,10-11,13-14H2,1-4H3/b21-15-. The number of oxime groups is 1. The van der Waals surface area contributed by atoms with Gasteiger partial charge >= 0.3 is 5.97 Å². The number of esters is 1. The van der Waals surface area contributed by atoms with E-state index in [1.165, 1.54) is 0 Å². The van der Waals surface area contributed by atoms with Crippen molar-refractivity contribution >= 4 is 23.3 Å². The molecule has 0 fully saturated rings. The van der Waals surface area contributed by atoms with Crippen LogP contribution in [0.15, 0.2) is 23.4 Å². The zero-order chi connectivity index (χ0) is 20.5. The number of fused-ring (bicyclic) bond motifs is 1. The molecule has 0 aromatic heterocycles. The van der Waals surface area contributed by atoms with Crippen LogP contribution in [0.3, 0.4) is 0 Å². The number of ether oxygens (including phenoxy) is 2. The van der Waals surface area contributed by atoms with E-state index in [1.54, 1.807) is 17.9 Å². The smallest absolute Gasteiger partial charge is 0.347 e. The summed E-state index contributed by atoms with van der Waals surface area (Å²) in [5.41, 5.74) is 2.08. The predicted octanol–water partition coefficient (Wildman–Crippen LogP) is 2.06. The Labute approximate surface area is 166 Å². The number of carbonyl (C=O) groups excluding carboxylic acids is 2. The lowest BCUT2D eigenvalue weighted by atomic mass is 10.1. The number of carbonyl (C=O) groups is 2. The van der Waals surface area contributed by atoms with Crippen LogP contribution < -0.4 is 9.64 Å². The summed E-state index contributed by atoms with van der Waals surface area (Å²) in [7, 11) is 0.